The molecule has 0 amide bonds. The molecule has 0 bridgehead atoms. The number of rotatable bonds is 1. The van der Waals surface area contributed by atoms with Crippen LogP contribution in [0, 0.1) is 0 Å². The standard InChI is InChI=1S/C13H15N2S/c1-9-13(2,3)11-7-10(14-8-16)5-6-12(11)15(9)4/h5-7H,1-4H3/q+1. The zero-order valence-electron chi connectivity index (χ0n) is 10.0. The fourth-order valence-electron chi connectivity index (χ4n) is 2.23. The second-order valence-corrected chi connectivity index (χ2v) is 4.86. The van der Waals surface area contributed by atoms with Gasteiger partial charge in [-0.15, -0.1) is 0 Å². The molecule has 16 heavy (non-hydrogen) atoms. The highest BCUT2D eigenvalue weighted by molar-refractivity contribution is 7.78. The van der Waals surface area contributed by atoms with Gasteiger partial charge in [0.15, 0.2) is 5.71 Å². The van der Waals surface area contributed by atoms with E-state index in [0.29, 0.717) is 0 Å². The average Bonchev–Trinajstić information content (AvgIpc) is 2.42. The van der Waals surface area contributed by atoms with E-state index in [9.17, 15) is 0 Å². The SMILES string of the molecule is CC1=[N+](C)c2ccc(N=C=S)cc2C1(C)C. The van der Waals surface area contributed by atoms with E-state index in [1.807, 2.05) is 6.07 Å². The first-order valence-corrected chi connectivity index (χ1v) is 5.69. The molecule has 2 nitrogen and oxygen atoms in total. The summed E-state index contributed by atoms with van der Waals surface area (Å²) in [6, 6.07) is 6.17. The van der Waals surface area contributed by atoms with E-state index < -0.39 is 0 Å². The molecule has 1 aliphatic heterocycles. The molecule has 0 aliphatic carbocycles. The number of hydrogen-bond donors (Lipinski definition) is 0. The molecule has 0 saturated carbocycles. The first-order chi connectivity index (χ1) is 7.48. The molecule has 1 heterocycles. The lowest BCUT2D eigenvalue weighted by molar-refractivity contribution is -0.403. The summed E-state index contributed by atoms with van der Waals surface area (Å²) in [5.41, 5.74) is 4.86. The second-order valence-electron chi connectivity index (χ2n) is 4.67. The maximum atomic E-state index is 4.63. The smallest absolute Gasteiger partial charge is 0.202 e. The molecule has 0 saturated heterocycles. The molecule has 2 rings (SSSR count). The Morgan fingerprint density at radius 3 is 2.69 bits per heavy atom. The molecule has 0 fully saturated rings. The zero-order chi connectivity index (χ0) is 11.9. The lowest BCUT2D eigenvalue weighted by Gasteiger charge is -2.14. The third-order valence-corrected chi connectivity index (χ3v) is 3.69. The Bertz CT molecular complexity index is 535. The quantitative estimate of drug-likeness (QED) is 0.410. The summed E-state index contributed by atoms with van der Waals surface area (Å²) in [4.78, 5) is 4.04. The number of nitrogens with zero attached hydrogens (tertiary/aromatic N) is 2. The third kappa shape index (κ3) is 1.44. The fourth-order valence-corrected chi connectivity index (χ4v) is 2.34. The van der Waals surface area contributed by atoms with E-state index in [1.165, 1.54) is 17.0 Å². The number of isothiocyanates is 1. The van der Waals surface area contributed by atoms with Crippen molar-refractivity contribution < 1.29 is 4.58 Å². The molecule has 1 aliphatic rings. The van der Waals surface area contributed by atoms with Gasteiger partial charge in [0.2, 0.25) is 5.69 Å². The Balaban J connectivity index is 2.67. The lowest BCUT2D eigenvalue weighted by atomic mass is 9.82. The van der Waals surface area contributed by atoms with Crippen molar-refractivity contribution in [3.63, 3.8) is 0 Å². The van der Waals surface area contributed by atoms with Crippen LogP contribution in [0.5, 0.6) is 0 Å². The van der Waals surface area contributed by atoms with E-state index >= 15 is 0 Å². The molecule has 0 radical (unpaired) electrons. The Labute approximate surface area is 101 Å². The van der Waals surface area contributed by atoms with Crippen molar-refractivity contribution in [2.45, 2.75) is 26.2 Å². The molecular weight excluding hydrogens is 216 g/mol. The Morgan fingerprint density at radius 1 is 1.38 bits per heavy atom. The second kappa shape index (κ2) is 3.62. The highest BCUT2D eigenvalue weighted by atomic mass is 32.1. The van der Waals surface area contributed by atoms with E-state index in [-0.39, 0.29) is 5.41 Å². The van der Waals surface area contributed by atoms with Crippen LogP contribution in [0.15, 0.2) is 23.2 Å². The van der Waals surface area contributed by atoms with Crippen LogP contribution in [0.4, 0.5) is 11.4 Å². The van der Waals surface area contributed by atoms with Crippen molar-refractivity contribution in [3.8, 4) is 0 Å². The van der Waals surface area contributed by atoms with Crippen molar-refractivity contribution in [2.24, 2.45) is 4.99 Å². The molecule has 1 aromatic carbocycles. The van der Waals surface area contributed by atoms with E-state index in [0.717, 1.165) is 5.69 Å². The van der Waals surface area contributed by atoms with Gasteiger partial charge in [-0.2, -0.15) is 4.99 Å². The van der Waals surface area contributed by atoms with Crippen LogP contribution >= 0.6 is 12.2 Å². The number of benzene rings is 1. The summed E-state index contributed by atoms with van der Waals surface area (Å²) in [5.74, 6) is 0. The maximum absolute atomic E-state index is 4.63. The highest BCUT2D eigenvalue weighted by Crippen LogP contribution is 2.40. The van der Waals surface area contributed by atoms with Crippen LogP contribution in [-0.4, -0.2) is 22.5 Å². The Morgan fingerprint density at radius 2 is 2.06 bits per heavy atom. The molecule has 0 N–H and O–H groups in total. The first kappa shape index (κ1) is 11.2. The average molecular weight is 231 g/mol. The molecular formula is C13H15N2S+. The van der Waals surface area contributed by atoms with Crippen molar-refractivity contribution in [3.05, 3.63) is 23.8 Å². The van der Waals surface area contributed by atoms with Crippen LogP contribution in [0.1, 0.15) is 26.3 Å². The molecule has 1 aromatic rings. The van der Waals surface area contributed by atoms with Crippen LogP contribution in [-0.2, 0) is 5.41 Å². The summed E-state index contributed by atoms with van der Waals surface area (Å²) >= 11 is 4.63. The minimum Gasteiger partial charge on any atom is -0.202 e. The van der Waals surface area contributed by atoms with Crippen molar-refractivity contribution in [2.75, 3.05) is 7.05 Å². The van der Waals surface area contributed by atoms with Crippen LogP contribution in [0.2, 0.25) is 0 Å². The number of fused-ring (bicyclic) bond motifs is 1. The van der Waals surface area contributed by atoms with Gasteiger partial charge in [-0.1, -0.05) is 0 Å². The topological polar surface area (TPSA) is 15.4 Å². The van der Waals surface area contributed by atoms with Crippen LogP contribution < -0.4 is 0 Å². The fraction of sp³-hybridized carbons (Fsp3) is 0.385. The van der Waals surface area contributed by atoms with Crippen LogP contribution in [0.25, 0.3) is 0 Å². The van der Waals surface area contributed by atoms with E-state index in [2.05, 4.69) is 66.9 Å². The summed E-state index contributed by atoms with van der Waals surface area (Å²) in [6.45, 7) is 6.63. The summed E-state index contributed by atoms with van der Waals surface area (Å²) in [7, 11) is 2.10. The van der Waals surface area contributed by atoms with Gasteiger partial charge < -0.3 is 0 Å². The predicted octanol–water partition coefficient (Wildman–Crippen LogP) is 3.45. The molecule has 0 atom stereocenters. The minimum atomic E-state index is 0.0665. The van der Waals surface area contributed by atoms with Gasteiger partial charge in [0.25, 0.3) is 0 Å². The van der Waals surface area contributed by atoms with Gasteiger partial charge >= 0.3 is 0 Å². The van der Waals surface area contributed by atoms with Gasteiger partial charge in [0, 0.05) is 18.6 Å². The van der Waals surface area contributed by atoms with Gasteiger partial charge in [0.1, 0.15) is 7.05 Å². The largest absolute Gasteiger partial charge is 0.209 e. The number of hydrogen-bond acceptors (Lipinski definition) is 2. The maximum Gasteiger partial charge on any atom is 0.209 e. The summed E-state index contributed by atoms with van der Waals surface area (Å²) in [6.07, 6.45) is 0. The summed E-state index contributed by atoms with van der Waals surface area (Å²) < 4.78 is 2.24. The van der Waals surface area contributed by atoms with Crippen molar-refractivity contribution >= 4 is 34.5 Å². The lowest BCUT2D eigenvalue weighted by Crippen LogP contribution is -2.25. The summed E-state index contributed by atoms with van der Waals surface area (Å²) in [5, 5.41) is 2.41. The van der Waals surface area contributed by atoms with Gasteiger partial charge in [-0.05, 0) is 38.2 Å². The zero-order valence-corrected chi connectivity index (χ0v) is 10.9. The molecule has 3 heteroatoms. The minimum absolute atomic E-state index is 0.0665. The molecule has 82 valence electrons. The monoisotopic (exact) mass is 231 g/mol. The van der Waals surface area contributed by atoms with Crippen molar-refractivity contribution in [1.29, 1.82) is 0 Å². The molecule has 0 unspecified atom stereocenters. The number of aliphatic imine (C=N–C) groups is 1. The first-order valence-electron chi connectivity index (χ1n) is 5.28. The van der Waals surface area contributed by atoms with Gasteiger partial charge in [-0.3, -0.25) is 0 Å². The molecule has 0 spiro atoms. The highest BCUT2D eigenvalue weighted by Gasteiger charge is 2.41. The number of thiocarbonyl (C=S) groups is 1. The third-order valence-electron chi connectivity index (χ3n) is 3.60. The predicted molar refractivity (Wildman–Crippen MR) is 70.7 cm³/mol. The van der Waals surface area contributed by atoms with Crippen LogP contribution in [0.3, 0.4) is 0 Å². The van der Waals surface area contributed by atoms with Gasteiger partial charge in [-0.25, -0.2) is 4.58 Å². The normalized spacial score (nSPS) is 17.0. The van der Waals surface area contributed by atoms with E-state index in [4.69, 9.17) is 0 Å². The molecule has 0 aromatic heterocycles. The van der Waals surface area contributed by atoms with E-state index in [1.54, 1.807) is 0 Å². The Hall–Kier alpha value is -1.31. The van der Waals surface area contributed by atoms with Crippen molar-refractivity contribution in [1.82, 2.24) is 0 Å². The van der Waals surface area contributed by atoms with Gasteiger partial charge in [0.05, 0.1) is 16.3 Å². The Kier molecular flexibility index (Phi) is 2.53.